The van der Waals surface area contributed by atoms with Crippen molar-refractivity contribution in [2.45, 2.75) is 20.0 Å². The van der Waals surface area contributed by atoms with E-state index in [-0.39, 0.29) is 17.8 Å². The first-order chi connectivity index (χ1) is 9.15. The first-order valence-corrected chi connectivity index (χ1v) is 6.24. The molecular weight excluding hydrogens is 246 g/mol. The number of nitrogens with zero attached hydrogens (tertiary/aromatic N) is 5. The molecular formula is C12H15N5O2. The van der Waals surface area contributed by atoms with Crippen LogP contribution < -0.4 is 0 Å². The molecule has 1 aliphatic rings. The molecule has 0 spiro atoms. The van der Waals surface area contributed by atoms with Gasteiger partial charge in [-0.3, -0.25) is 4.79 Å². The Morgan fingerprint density at radius 2 is 2.37 bits per heavy atom. The molecule has 0 aromatic carbocycles. The molecule has 1 amide bonds. The summed E-state index contributed by atoms with van der Waals surface area (Å²) in [5.41, 5.74) is 0.895. The Morgan fingerprint density at radius 3 is 3.11 bits per heavy atom. The second-order valence-electron chi connectivity index (χ2n) is 4.67. The van der Waals surface area contributed by atoms with Crippen molar-refractivity contribution in [1.29, 1.82) is 0 Å². The van der Waals surface area contributed by atoms with Gasteiger partial charge in [0.2, 0.25) is 5.82 Å². The monoisotopic (exact) mass is 261 g/mol. The highest BCUT2D eigenvalue weighted by molar-refractivity contribution is 5.91. The summed E-state index contributed by atoms with van der Waals surface area (Å²) in [6, 6.07) is 1.83. The Hall–Kier alpha value is -2.02. The fraction of sp³-hybridized carbons (Fsp3) is 0.500. The molecule has 0 aliphatic carbocycles. The number of aryl methyl sites for hydroxylation is 1. The Balaban J connectivity index is 1.91. The molecule has 2 aromatic rings. The van der Waals surface area contributed by atoms with E-state index in [2.05, 4.69) is 15.1 Å². The van der Waals surface area contributed by atoms with Crippen LogP contribution in [0.15, 0.2) is 12.3 Å². The number of aromatic nitrogens is 4. The highest BCUT2D eigenvalue weighted by atomic mass is 16.5. The normalized spacial score (nSPS) is 19.9. The third-order valence-corrected chi connectivity index (χ3v) is 3.15. The summed E-state index contributed by atoms with van der Waals surface area (Å²) in [4.78, 5) is 22.3. The van der Waals surface area contributed by atoms with E-state index in [0.717, 1.165) is 5.69 Å². The maximum absolute atomic E-state index is 12.3. The first kappa shape index (κ1) is 12.0. The summed E-state index contributed by atoms with van der Waals surface area (Å²) < 4.78 is 7.00. The number of rotatable bonds is 1. The maximum Gasteiger partial charge on any atom is 0.293 e. The lowest BCUT2D eigenvalue weighted by Crippen LogP contribution is -2.44. The van der Waals surface area contributed by atoms with E-state index in [0.29, 0.717) is 25.5 Å². The van der Waals surface area contributed by atoms with Crippen molar-refractivity contribution >= 4 is 11.7 Å². The van der Waals surface area contributed by atoms with Gasteiger partial charge in [-0.2, -0.15) is 4.98 Å². The standard InChI is InChI=1S/C12H15N5O2/c1-8-3-4-13-12-14-10(15-17(8)12)11(18)16-5-6-19-9(2)7-16/h3-4,9H,5-7H2,1-2H3. The van der Waals surface area contributed by atoms with Gasteiger partial charge in [0.25, 0.3) is 11.7 Å². The van der Waals surface area contributed by atoms with Gasteiger partial charge in [0.1, 0.15) is 0 Å². The number of morpholine rings is 1. The third-order valence-electron chi connectivity index (χ3n) is 3.15. The summed E-state index contributed by atoms with van der Waals surface area (Å²) in [6.45, 7) is 5.54. The van der Waals surface area contributed by atoms with E-state index in [1.54, 1.807) is 15.6 Å². The van der Waals surface area contributed by atoms with Crippen LogP contribution in [0.1, 0.15) is 23.2 Å². The average molecular weight is 261 g/mol. The van der Waals surface area contributed by atoms with E-state index in [4.69, 9.17) is 4.74 Å². The van der Waals surface area contributed by atoms with Crippen molar-refractivity contribution in [1.82, 2.24) is 24.5 Å². The molecule has 100 valence electrons. The molecule has 1 aliphatic heterocycles. The van der Waals surface area contributed by atoms with E-state index < -0.39 is 0 Å². The fourth-order valence-corrected chi connectivity index (χ4v) is 2.14. The van der Waals surface area contributed by atoms with Gasteiger partial charge < -0.3 is 9.64 Å². The van der Waals surface area contributed by atoms with Crippen LogP contribution in [0.2, 0.25) is 0 Å². The quantitative estimate of drug-likeness (QED) is 0.738. The molecule has 1 fully saturated rings. The zero-order valence-electron chi connectivity index (χ0n) is 10.9. The summed E-state index contributed by atoms with van der Waals surface area (Å²) in [6.07, 6.45) is 1.71. The average Bonchev–Trinajstić information content (AvgIpc) is 2.83. The molecule has 0 saturated carbocycles. The van der Waals surface area contributed by atoms with Gasteiger partial charge in [-0.05, 0) is 19.9 Å². The molecule has 3 rings (SSSR count). The molecule has 7 heteroatoms. The van der Waals surface area contributed by atoms with E-state index in [9.17, 15) is 4.79 Å². The van der Waals surface area contributed by atoms with Crippen LogP contribution in [-0.4, -0.2) is 56.2 Å². The number of hydrogen-bond acceptors (Lipinski definition) is 5. The van der Waals surface area contributed by atoms with Crippen molar-refractivity contribution in [3.63, 3.8) is 0 Å². The smallest absolute Gasteiger partial charge is 0.293 e. The minimum Gasteiger partial charge on any atom is -0.375 e. The minimum absolute atomic E-state index is 0.0505. The number of carbonyl (C=O) groups excluding carboxylic acids is 1. The highest BCUT2D eigenvalue weighted by Crippen LogP contribution is 2.09. The fourth-order valence-electron chi connectivity index (χ4n) is 2.14. The lowest BCUT2D eigenvalue weighted by atomic mass is 10.3. The highest BCUT2D eigenvalue weighted by Gasteiger charge is 2.25. The van der Waals surface area contributed by atoms with Crippen LogP contribution in [-0.2, 0) is 4.74 Å². The largest absolute Gasteiger partial charge is 0.375 e. The van der Waals surface area contributed by atoms with Gasteiger partial charge in [-0.25, -0.2) is 9.50 Å². The number of carbonyl (C=O) groups is 1. The van der Waals surface area contributed by atoms with Crippen molar-refractivity contribution in [3.8, 4) is 0 Å². The lowest BCUT2D eigenvalue weighted by Gasteiger charge is -2.30. The van der Waals surface area contributed by atoms with Crippen LogP contribution in [0, 0.1) is 6.92 Å². The summed E-state index contributed by atoms with van der Waals surface area (Å²) >= 11 is 0. The zero-order valence-corrected chi connectivity index (χ0v) is 10.9. The topological polar surface area (TPSA) is 72.6 Å². The summed E-state index contributed by atoms with van der Waals surface area (Å²) in [7, 11) is 0. The number of fused-ring (bicyclic) bond motifs is 1. The van der Waals surface area contributed by atoms with Crippen LogP contribution >= 0.6 is 0 Å². The number of hydrogen-bond donors (Lipinski definition) is 0. The Kier molecular flexibility index (Phi) is 2.90. The Bertz CT molecular complexity index is 624. The van der Waals surface area contributed by atoms with Crippen molar-refractivity contribution in [3.05, 3.63) is 23.8 Å². The molecule has 1 saturated heterocycles. The van der Waals surface area contributed by atoms with Gasteiger partial charge in [0, 0.05) is 25.0 Å². The zero-order chi connectivity index (χ0) is 13.4. The second-order valence-corrected chi connectivity index (χ2v) is 4.67. The first-order valence-electron chi connectivity index (χ1n) is 6.24. The molecule has 7 nitrogen and oxygen atoms in total. The lowest BCUT2D eigenvalue weighted by molar-refractivity contribution is -0.0128. The predicted molar refractivity (Wildman–Crippen MR) is 66.8 cm³/mol. The van der Waals surface area contributed by atoms with Crippen molar-refractivity contribution in [2.75, 3.05) is 19.7 Å². The molecule has 3 heterocycles. The SMILES string of the molecule is Cc1ccnc2nc(C(=O)N3CCOC(C)C3)nn12. The van der Waals surface area contributed by atoms with Crippen LogP contribution in [0.25, 0.3) is 5.78 Å². The predicted octanol–water partition coefficient (Wildman–Crippen LogP) is 0.294. The van der Waals surface area contributed by atoms with Crippen LogP contribution in [0.5, 0.6) is 0 Å². The molecule has 2 aromatic heterocycles. The Labute approximate surface area is 110 Å². The number of ether oxygens (including phenoxy) is 1. The minimum atomic E-state index is -0.167. The molecule has 19 heavy (non-hydrogen) atoms. The molecule has 0 radical (unpaired) electrons. The van der Waals surface area contributed by atoms with Gasteiger partial charge >= 0.3 is 0 Å². The van der Waals surface area contributed by atoms with Crippen LogP contribution in [0.3, 0.4) is 0 Å². The molecule has 1 atom stereocenters. The molecule has 0 bridgehead atoms. The summed E-state index contributed by atoms with van der Waals surface area (Å²) in [5.74, 6) is 0.473. The van der Waals surface area contributed by atoms with Gasteiger partial charge in [-0.1, -0.05) is 0 Å². The Morgan fingerprint density at radius 1 is 1.53 bits per heavy atom. The van der Waals surface area contributed by atoms with E-state index in [1.807, 2.05) is 19.9 Å². The number of amides is 1. The maximum atomic E-state index is 12.3. The third kappa shape index (κ3) is 2.17. The van der Waals surface area contributed by atoms with Crippen molar-refractivity contribution in [2.24, 2.45) is 0 Å². The van der Waals surface area contributed by atoms with Gasteiger partial charge in [0.15, 0.2) is 0 Å². The molecule has 0 N–H and O–H groups in total. The van der Waals surface area contributed by atoms with Crippen molar-refractivity contribution < 1.29 is 9.53 Å². The van der Waals surface area contributed by atoms with Gasteiger partial charge in [0.05, 0.1) is 12.7 Å². The van der Waals surface area contributed by atoms with Crippen LogP contribution in [0.4, 0.5) is 0 Å². The molecule has 1 unspecified atom stereocenters. The second kappa shape index (κ2) is 4.58. The van der Waals surface area contributed by atoms with E-state index in [1.165, 1.54) is 0 Å². The van der Waals surface area contributed by atoms with Gasteiger partial charge in [-0.15, -0.1) is 5.10 Å². The summed E-state index contributed by atoms with van der Waals surface area (Å²) in [5, 5.41) is 4.22. The van der Waals surface area contributed by atoms with E-state index >= 15 is 0 Å².